The molecule has 2 aliphatic heterocycles. The first-order valence-corrected chi connectivity index (χ1v) is 8.12. The first-order chi connectivity index (χ1) is 10.6. The van der Waals surface area contributed by atoms with Crippen LogP contribution in [-0.2, 0) is 4.74 Å². The van der Waals surface area contributed by atoms with Gasteiger partial charge >= 0.3 is 0 Å². The molecule has 0 saturated carbocycles. The molecule has 0 unspecified atom stereocenters. The van der Waals surface area contributed by atoms with Crippen LogP contribution in [0.2, 0.25) is 0 Å². The molecule has 2 N–H and O–H groups in total. The van der Waals surface area contributed by atoms with Crippen LogP contribution < -0.4 is 5.73 Å². The number of guanidine groups is 1. The lowest BCUT2D eigenvalue weighted by Gasteiger charge is -2.31. The molecule has 7 heteroatoms. The zero-order valence-electron chi connectivity index (χ0n) is 13.4. The van der Waals surface area contributed by atoms with Crippen molar-refractivity contribution in [1.29, 1.82) is 0 Å². The maximum atomic E-state index is 6.10. The molecule has 0 aliphatic carbocycles. The molecule has 0 aromatic carbocycles. The van der Waals surface area contributed by atoms with Gasteiger partial charge in [-0.25, -0.2) is 0 Å². The van der Waals surface area contributed by atoms with Crippen molar-refractivity contribution in [3.63, 3.8) is 0 Å². The average molecular weight is 307 g/mol. The number of rotatable bonds is 3. The first-order valence-electron chi connectivity index (χ1n) is 8.12. The summed E-state index contributed by atoms with van der Waals surface area (Å²) in [6.07, 6.45) is 4.20. The fourth-order valence-electron chi connectivity index (χ4n) is 3.00. The zero-order valence-corrected chi connectivity index (χ0v) is 13.4. The summed E-state index contributed by atoms with van der Waals surface area (Å²) < 4.78 is 11.1. The molecule has 0 spiro atoms. The molecule has 2 atom stereocenters. The third-order valence-electron chi connectivity index (χ3n) is 4.49. The summed E-state index contributed by atoms with van der Waals surface area (Å²) in [5, 5.41) is 3.81. The van der Waals surface area contributed by atoms with E-state index in [1.807, 2.05) is 6.92 Å². The van der Waals surface area contributed by atoms with Gasteiger partial charge in [-0.05, 0) is 38.5 Å². The van der Waals surface area contributed by atoms with Gasteiger partial charge in [0.25, 0.3) is 5.89 Å². The number of hydrogen-bond acceptors (Lipinski definition) is 5. The Morgan fingerprint density at radius 1 is 1.32 bits per heavy atom. The number of ether oxygens (including phenoxy) is 1. The average Bonchev–Trinajstić information content (AvgIpc) is 3.14. The Morgan fingerprint density at radius 3 is 2.77 bits per heavy atom. The predicted octanol–water partition coefficient (Wildman–Crippen LogP) is 1.64. The normalized spacial score (nSPS) is 27.5. The topological polar surface area (TPSA) is 89.8 Å². The molecule has 2 fully saturated rings. The first kappa shape index (κ1) is 15.3. The van der Waals surface area contributed by atoms with Crippen LogP contribution in [0.25, 0.3) is 0 Å². The van der Waals surface area contributed by atoms with Crippen molar-refractivity contribution >= 4 is 5.96 Å². The highest BCUT2D eigenvalue weighted by molar-refractivity contribution is 5.78. The van der Waals surface area contributed by atoms with Gasteiger partial charge in [0.15, 0.2) is 11.8 Å². The quantitative estimate of drug-likeness (QED) is 0.674. The number of hydrogen-bond donors (Lipinski definition) is 1. The van der Waals surface area contributed by atoms with E-state index in [1.54, 1.807) is 0 Å². The van der Waals surface area contributed by atoms with E-state index in [-0.39, 0.29) is 12.2 Å². The van der Waals surface area contributed by atoms with Crippen molar-refractivity contribution in [2.45, 2.75) is 51.7 Å². The lowest BCUT2D eigenvalue weighted by atomic mass is 10.00. The van der Waals surface area contributed by atoms with Gasteiger partial charge in [0.2, 0.25) is 0 Å². The van der Waals surface area contributed by atoms with E-state index in [4.69, 9.17) is 15.0 Å². The third-order valence-corrected chi connectivity index (χ3v) is 4.49. The van der Waals surface area contributed by atoms with E-state index < -0.39 is 0 Å². The number of piperidine rings is 1. The molecule has 122 valence electrons. The zero-order chi connectivity index (χ0) is 15.5. The maximum Gasteiger partial charge on any atom is 0.255 e. The van der Waals surface area contributed by atoms with E-state index in [0.29, 0.717) is 24.2 Å². The van der Waals surface area contributed by atoms with Crippen molar-refractivity contribution in [3.05, 3.63) is 11.7 Å². The molecule has 3 rings (SSSR count). The monoisotopic (exact) mass is 307 g/mol. The van der Waals surface area contributed by atoms with Crippen LogP contribution in [0.1, 0.15) is 50.4 Å². The molecular formula is C15H25N5O2. The van der Waals surface area contributed by atoms with E-state index in [1.165, 1.54) is 12.8 Å². The van der Waals surface area contributed by atoms with E-state index >= 15 is 0 Å². The Morgan fingerprint density at radius 2 is 2.09 bits per heavy atom. The second-order valence-electron chi connectivity index (χ2n) is 6.37. The summed E-state index contributed by atoms with van der Waals surface area (Å²) in [6, 6.07) is 0. The molecule has 1 aromatic heterocycles. The minimum atomic E-state index is -0.0986. The molecule has 7 nitrogen and oxygen atoms in total. The number of aromatic nitrogens is 2. The molecule has 0 radical (unpaired) electrons. The highest BCUT2D eigenvalue weighted by Gasteiger charge is 2.30. The molecule has 1 aromatic rings. The van der Waals surface area contributed by atoms with Crippen molar-refractivity contribution in [3.8, 4) is 0 Å². The lowest BCUT2D eigenvalue weighted by molar-refractivity contribution is 0.0307. The maximum absolute atomic E-state index is 6.10. The SMILES string of the molecule is Cc1noc([C@@H]2CC[C@H](CN=C(N)N3CCC(C)CC3)O2)n1. The molecule has 2 aliphatic rings. The van der Waals surface area contributed by atoms with Gasteiger partial charge in [0.05, 0.1) is 12.6 Å². The van der Waals surface area contributed by atoms with Crippen molar-refractivity contribution < 1.29 is 9.26 Å². The second kappa shape index (κ2) is 6.64. The summed E-state index contributed by atoms with van der Waals surface area (Å²) in [6.45, 7) is 6.71. The van der Waals surface area contributed by atoms with Crippen LogP contribution >= 0.6 is 0 Å². The standard InChI is InChI=1S/C15H25N5O2/c1-10-5-7-20(8-6-10)15(16)17-9-12-3-4-13(21-12)14-18-11(2)19-22-14/h10,12-13H,3-9H2,1-2H3,(H2,16,17)/t12-,13+/m1/s1. The summed E-state index contributed by atoms with van der Waals surface area (Å²) >= 11 is 0. The van der Waals surface area contributed by atoms with Crippen LogP contribution in [0.15, 0.2) is 9.52 Å². The van der Waals surface area contributed by atoms with Gasteiger partial charge in [-0.3, -0.25) is 4.99 Å². The predicted molar refractivity (Wildman–Crippen MR) is 82.3 cm³/mol. The van der Waals surface area contributed by atoms with Gasteiger partial charge in [-0.2, -0.15) is 4.98 Å². The molecule has 0 amide bonds. The smallest absolute Gasteiger partial charge is 0.255 e. The highest BCUT2D eigenvalue weighted by Crippen LogP contribution is 2.31. The minimum Gasteiger partial charge on any atom is -0.370 e. The van der Waals surface area contributed by atoms with Crippen LogP contribution in [0.3, 0.4) is 0 Å². The summed E-state index contributed by atoms with van der Waals surface area (Å²) in [7, 11) is 0. The summed E-state index contributed by atoms with van der Waals surface area (Å²) in [5.41, 5.74) is 6.10. The van der Waals surface area contributed by atoms with Crippen LogP contribution in [0.4, 0.5) is 0 Å². The van der Waals surface area contributed by atoms with Crippen LogP contribution in [-0.4, -0.2) is 46.7 Å². The Labute approximate surface area is 130 Å². The third kappa shape index (κ3) is 3.58. The number of nitrogens with zero attached hydrogens (tertiary/aromatic N) is 4. The fraction of sp³-hybridized carbons (Fsp3) is 0.800. The van der Waals surface area contributed by atoms with E-state index in [2.05, 4.69) is 27.0 Å². The highest BCUT2D eigenvalue weighted by atomic mass is 16.5. The van der Waals surface area contributed by atoms with Crippen molar-refractivity contribution in [2.75, 3.05) is 19.6 Å². The second-order valence-corrected chi connectivity index (χ2v) is 6.37. The lowest BCUT2D eigenvalue weighted by Crippen LogP contribution is -2.42. The minimum absolute atomic E-state index is 0.0828. The fourth-order valence-corrected chi connectivity index (χ4v) is 3.00. The van der Waals surface area contributed by atoms with Crippen molar-refractivity contribution in [2.24, 2.45) is 16.6 Å². The molecule has 3 heterocycles. The molecular weight excluding hydrogens is 282 g/mol. The molecule has 22 heavy (non-hydrogen) atoms. The molecule has 2 saturated heterocycles. The van der Waals surface area contributed by atoms with Gasteiger partial charge in [0, 0.05) is 13.1 Å². The molecule has 0 bridgehead atoms. The Bertz CT molecular complexity index is 522. The Balaban J connectivity index is 1.48. The van der Waals surface area contributed by atoms with E-state index in [9.17, 15) is 0 Å². The Hall–Kier alpha value is -1.63. The largest absolute Gasteiger partial charge is 0.370 e. The van der Waals surface area contributed by atoms with Crippen molar-refractivity contribution in [1.82, 2.24) is 15.0 Å². The number of likely N-dealkylation sites (tertiary alicyclic amines) is 1. The number of aryl methyl sites for hydroxylation is 1. The van der Waals surface area contributed by atoms with E-state index in [0.717, 1.165) is 31.8 Å². The van der Waals surface area contributed by atoms with Crippen LogP contribution in [0, 0.1) is 12.8 Å². The van der Waals surface area contributed by atoms with Crippen LogP contribution in [0.5, 0.6) is 0 Å². The number of nitrogens with two attached hydrogens (primary N) is 1. The Kier molecular flexibility index (Phi) is 4.61. The van der Waals surface area contributed by atoms with Gasteiger partial charge in [-0.1, -0.05) is 12.1 Å². The van der Waals surface area contributed by atoms with Gasteiger partial charge in [0.1, 0.15) is 6.10 Å². The summed E-state index contributed by atoms with van der Waals surface area (Å²) in [4.78, 5) is 10.9. The van der Waals surface area contributed by atoms with Gasteiger partial charge < -0.3 is 19.9 Å². The number of aliphatic imine (C=N–C) groups is 1. The van der Waals surface area contributed by atoms with Gasteiger partial charge in [-0.15, -0.1) is 0 Å². The summed E-state index contributed by atoms with van der Waals surface area (Å²) in [5.74, 6) is 2.65.